The molecule has 4 rings (SSSR count). The average molecular weight is 546 g/mol. The second-order valence-corrected chi connectivity index (χ2v) is 10.8. The fourth-order valence-corrected chi connectivity index (χ4v) is 6.02. The first-order valence-electron chi connectivity index (χ1n) is 12.8. The van der Waals surface area contributed by atoms with E-state index < -0.39 is 23.9 Å². The molecule has 2 fully saturated rings. The van der Waals surface area contributed by atoms with Gasteiger partial charge in [-0.05, 0) is 67.5 Å². The summed E-state index contributed by atoms with van der Waals surface area (Å²) in [6.07, 6.45) is 8.19. The molecule has 4 amide bonds. The number of benzene rings is 1. The van der Waals surface area contributed by atoms with Crippen LogP contribution in [-0.4, -0.2) is 46.9 Å². The van der Waals surface area contributed by atoms with E-state index in [2.05, 4.69) is 10.3 Å². The first kappa shape index (κ1) is 27.2. The van der Waals surface area contributed by atoms with Gasteiger partial charge in [-0.2, -0.15) is 0 Å². The number of carbonyl (C=O) groups is 3. The molecule has 2 heterocycles. The van der Waals surface area contributed by atoms with Crippen LogP contribution in [0.15, 0.2) is 36.5 Å². The first-order chi connectivity index (χ1) is 17.7. The lowest BCUT2D eigenvalue weighted by Crippen LogP contribution is -2.71. The smallest absolute Gasteiger partial charge is 0.325 e. The van der Waals surface area contributed by atoms with Gasteiger partial charge in [-0.25, -0.2) is 9.78 Å². The van der Waals surface area contributed by atoms with Crippen LogP contribution < -0.4 is 16.0 Å². The van der Waals surface area contributed by atoms with Crippen molar-refractivity contribution >= 4 is 52.6 Å². The highest BCUT2D eigenvalue weighted by Gasteiger charge is 2.55. The number of nitrogens with two attached hydrogens (primary N) is 1. The maximum Gasteiger partial charge on any atom is 0.325 e. The highest BCUT2D eigenvalue weighted by atomic mass is 35.5. The minimum absolute atomic E-state index is 0.0418. The maximum atomic E-state index is 13.8. The van der Waals surface area contributed by atoms with Gasteiger partial charge in [0.05, 0.1) is 5.92 Å². The van der Waals surface area contributed by atoms with E-state index in [1.165, 1.54) is 11.3 Å². The van der Waals surface area contributed by atoms with Gasteiger partial charge >= 0.3 is 6.03 Å². The van der Waals surface area contributed by atoms with E-state index >= 15 is 0 Å². The van der Waals surface area contributed by atoms with E-state index in [4.69, 9.17) is 28.9 Å². The molecular weight excluding hydrogens is 513 g/mol. The lowest BCUT2D eigenvalue weighted by atomic mass is 9.81. The van der Waals surface area contributed by atoms with Crippen LogP contribution in [0.1, 0.15) is 51.0 Å². The zero-order valence-corrected chi connectivity index (χ0v) is 22.6. The molecule has 1 aromatic heterocycles. The predicted molar refractivity (Wildman–Crippen MR) is 146 cm³/mol. The highest BCUT2D eigenvalue weighted by Crippen LogP contribution is 2.35. The third-order valence-electron chi connectivity index (χ3n) is 7.52. The van der Waals surface area contributed by atoms with Crippen LogP contribution in [0.3, 0.4) is 0 Å². The van der Waals surface area contributed by atoms with Gasteiger partial charge in [-0.1, -0.05) is 49.4 Å². The number of aromatic nitrogens is 1. The van der Waals surface area contributed by atoms with Crippen molar-refractivity contribution in [3.05, 3.63) is 52.1 Å². The molecular formula is C27H33Cl2N5O3. The van der Waals surface area contributed by atoms with Gasteiger partial charge in [0.2, 0.25) is 5.91 Å². The quantitative estimate of drug-likeness (QED) is 0.472. The number of likely N-dealkylation sites (N-methyl/N-ethyl adjacent to an activating group) is 1. The fraction of sp³-hybridized carbons (Fsp3) is 0.481. The number of amides is 4. The van der Waals surface area contributed by atoms with Crippen molar-refractivity contribution in [3.63, 3.8) is 0 Å². The van der Waals surface area contributed by atoms with Crippen molar-refractivity contribution in [2.45, 2.75) is 64.0 Å². The van der Waals surface area contributed by atoms with Crippen LogP contribution in [0, 0.1) is 11.8 Å². The summed E-state index contributed by atoms with van der Waals surface area (Å²) in [4.78, 5) is 47.0. The number of carbonyl (C=O) groups excluding carboxylic acids is 3. The second kappa shape index (κ2) is 11.7. The highest BCUT2D eigenvalue weighted by molar-refractivity contribution is 6.35. The van der Waals surface area contributed by atoms with E-state index in [1.807, 2.05) is 6.92 Å². The van der Waals surface area contributed by atoms with Crippen molar-refractivity contribution in [2.75, 3.05) is 17.7 Å². The molecule has 1 saturated heterocycles. The summed E-state index contributed by atoms with van der Waals surface area (Å²) >= 11 is 12.3. The minimum Gasteiger partial charge on any atom is -0.384 e. The van der Waals surface area contributed by atoms with Crippen LogP contribution in [0.4, 0.5) is 16.3 Å². The molecule has 1 aliphatic carbocycles. The normalized spacial score (nSPS) is 20.8. The van der Waals surface area contributed by atoms with E-state index in [0.29, 0.717) is 27.5 Å². The number of pyridine rings is 1. The molecule has 3 atom stereocenters. The van der Waals surface area contributed by atoms with E-state index in [1.54, 1.807) is 43.6 Å². The van der Waals surface area contributed by atoms with Gasteiger partial charge in [0.1, 0.15) is 11.9 Å². The number of nitrogens with one attached hydrogen (secondary N) is 1. The number of nitrogens with zero attached hydrogens (tertiary/aromatic N) is 3. The van der Waals surface area contributed by atoms with Gasteiger partial charge in [0.25, 0.3) is 5.91 Å². The number of anilines is 2. The Morgan fingerprint density at radius 3 is 2.46 bits per heavy atom. The molecule has 8 nitrogen and oxygen atoms in total. The summed E-state index contributed by atoms with van der Waals surface area (Å²) < 4.78 is 0. The average Bonchev–Trinajstić information content (AvgIpc) is 2.87. The number of hydrogen-bond acceptors (Lipinski definition) is 5. The molecule has 198 valence electrons. The predicted octanol–water partition coefficient (Wildman–Crippen LogP) is 5.07. The van der Waals surface area contributed by atoms with Crippen molar-refractivity contribution in [1.82, 2.24) is 15.2 Å². The number of rotatable bonds is 7. The van der Waals surface area contributed by atoms with Crippen molar-refractivity contribution in [3.8, 4) is 0 Å². The second-order valence-electron chi connectivity index (χ2n) is 9.94. The molecule has 37 heavy (non-hydrogen) atoms. The molecule has 2 aromatic rings. The Bertz CT molecular complexity index is 1150. The Labute approximate surface area is 227 Å². The van der Waals surface area contributed by atoms with Crippen LogP contribution in [0.5, 0.6) is 0 Å². The van der Waals surface area contributed by atoms with Crippen LogP contribution in [0.2, 0.25) is 10.0 Å². The van der Waals surface area contributed by atoms with E-state index in [9.17, 15) is 14.4 Å². The lowest BCUT2D eigenvalue weighted by molar-refractivity contribution is -0.156. The monoisotopic (exact) mass is 545 g/mol. The number of halogens is 2. The van der Waals surface area contributed by atoms with Crippen LogP contribution in [0.25, 0.3) is 0 Å². The SMILES string of the molecule is CC[C@@H](NC(=O)N1C(=O)C(Cc2ccnc(N)c2)[C@H]1C(=O)N(C)c1cc(Cl)cc(Cl)c1)C1CCCCC1. The molecule has 3 N–H and O–H groups in total. The van der Waals surface area contributed by atoms with Gasteiger partial charge in [-0.15, -0.1) is 0 Å². The van der Waals surface area contributed by atoms with E-state index in [0.717, 1.165) is 42.6 Å². The zero-order chi connectivity index (χ0) is 26.7. The molecule has 1 aliphatic heterocycles. The first-order valence-corrected chi connectivity index (χ1v) is 13.5. The summed E-state index contributed by atoms with van der Waals surface area (Å²) in [6, 6.07) is 6.69. The summed E-state index contributed by atoms with van der Waals surface area (Å²) in [5, 5.41) is 3.82. The van der Waals surface area contributed by atoms with E-state index in [-0.39, 0.29) is 18.4 Å². The molecule has 2 aliphatic rings. The van der Waals surface area contributed by atoms with Crippen LogP contribution in [-0.2, 0) is 16.0 Å². The number of hydrogen-bond donors (Lipinski definition) is 2. The largest absolute Gasteiger partial charge is 0.384 e. The molecule has 0 spiro atoms. The summed E-state index contributed by atoms with van der Waals surface area (Å²) in [7, 11) is 1.58. The van der Waals surface area contributed by atoms with Crippen molar-refractivity contribution in [2.24, 2.45) is 11.8 Å². The summed E-state index contributed by atoms with van der Waals surface area (Å²) in [5.74, 6) is -0.800. The number of nitrogen functional groups attached to an aromatic ring is 1. The third kappa shape index (κ3) is 6.02. The standard InChI is InChI=1S/C27H33Cl2N5O3/c1-3-22(17-7-5-4-6-8-17)32-27(37)34-24(21(25(34)35)11-16-9-10-31-23(30)12-16)26(36)33(2)20-14-18(28)13-19(29)15-20/h9-10,12-15,17,21-22,24H,3-8,11H2,1-2H3,(H2,30,31)(H,32,37)/t21?,22-,24+/m1/s1. The fourth-order valence-electron chi connectivity index (χ4n) is 5.51. The number of urea groups is 1. The molecule has 0 bridgehead atoms. The Kier molecular flexibility index (Phi) is 8.60. The Morgan fingerprint density at radius 1 is 1.16 bits per heavy atom. The number of β-lactam (4-membered cyclic amide) rings is 1. The summed E-state index contributed by atoms with van der Waals surface area (Å²) in [5.41, 5.74) is 7.07. The number of imide groups is 1. The van der Waals surface area contributed by atoms with Crippen molar-refractivity contribution < 1.29 is 14.4 Å². The van der Waals surface area contributed by atoms with Gasteiger partial charge in [0.15, 0.2) is 0 Å². The molecule has 1 unspecified atom stereocenters. The minimum atomic E-state index is -0.978. The van der Waals surface area contributed by atoms with Crippen LogP contribution >= 0.6 is 23.2 Å². The maximum absolute atomic E-state index is 13.8. The Morgan fingerprint density at radius 2 is 1.84 bits per heavy atom. The van der Waals surface area contributed by atoms with Gasteiger partial charge in [-0.3, -0.25) is 14.5 Å². The number of likely N-dealkylation sites (tertiary alicyclic amines) is 1. The molecule has 0 radical (unpaired) electrons. The Hall–Kier alpha value is -2.84. The van der Waals surface area contributed by atoms with Crippen molar-refractivity contribution in [1.29, 1.82) is 0 Å². The zero-order valence-electron chi connectivity index (χ0n) is 21.1. The Balaban J connectivity index is 1.59. The third-order valence-corrected chi connectivity index (χ3v) is 7.96. The molecule has 1 saturated carbocycles. The summed E-state index contributed by atoms with van der Waals surface area (Å²) in [6.45, 7) is 2.04. The van der Waals surface area contributed by atoms with Gasteiger partial charge < -0.3 is 16.0 Å². The van der Waals surface area contributed by atoms with Gasteiger partial charge in [0, 0.05) is 35.0 Å². The lowest BCUT2D eigenvalue weighted by Gasteiger charge is -2.46. The topological polar surface area (TPSA) is 109 Å². The molecule has 1 aromatic carbocycles. The molecule has 10 heteroatoms.